The first kappa shape index (κ1) is 11.8. The Labute approximate surface area is 98.1 Å². The maximum absolute atomic E-state index is 13.6. The van der Waals surface area contributed by atoms with Crippen molar-refractivity contribution in [3.63, 3.8) is 0 Å². The van der Waals surface area contributed by atoms with E-state index in [0.29, 0.717) is 5.92 Å². The van der Waals surface area contributed by atoms with Crippen molar-refractivity contribution in [1.29, 1.82) is 0 Å². The molecule has 1 aromatic heterocycles. The molecule has 1 aromatic rings. The Morgan fingerprint density at radius 1 is 1.65 bits per heavy atom. The molecule has 0 saturated heterocycles. The molecule has 1 aliphatic carbocycles. The Hall–Kier alpha value is -1.72. The van der Waals surface area contributed by atoms with Crippen molar-refractivity contribution in [3.8, 4) is 0 Å². The summed E-state index contributed by atoms with van der Waals surface area (Å²) in [5.41, 5.74) is 0.257. The molecular formula is C11H14FN3O2. The van der Waals surface area contributed by atoms with Gasteiger partial charge in [0, 0.05) is 6.04 Å². The minimum Gasteiger partial charge on any atom is -0.481 e. The van der Waals surface area contributed by atoms with Gasteiger partial charge in [0.25, 0.3) is 0 Å². The van der Waals surface area contributed by atoms with E-state index in [1.165, 1.54) is 6.33 Å². The fourth-order valence-electron chi connectivity index (χ4n) is 1.76. The highest BCUT2D eigenvalue weighted by Gasteiger charge is 2.33. The summed E-state index contributed by atoms with van der Waals surface area (Å²) in [5, 5.41) is 11.7. The molecule has 1 heterocycles. The van der Waals surface area contributed by atoms with Crippen LogP contribution in [0, 0.1) is 18.7 Å². The molecule has 6 heteroatoms. The highest BCUT2D eigenvalue weighted by atomic mass is 19.1. The Kier molecular flexibility index (Phi) is 3.21. The average molecular weight is 239 g/mol. The Morgan fingerprint density at radius 3 is 2.94 bits per heavy atom. The van der Waals surface area contributed by atoms with E-state index in [0.717, 1.165) is 12.8 Å². The Bertz CT molecular complexity index is 435. The molecule has 0 bridgehead atoms. The second kappa shape index (κ2) is 4.65. The zero-order valence-electron chi connectivity index (χ0n) is 9.48. The lowest BCUT2D eigenvalue weighted by molar-refractivity contribution is -0.137. The second-order valence-corrected chi connectivity index (χ2v) is 4.31. The van der Waals surface area contributed by atoms with Crippen LogP contribution < -0.4 is 5.32 Å². The van der Waals surface area contributed by atoms with Gasteiger partial charge in [0.1, 0.15) is 6.33 Å². The summed E-state index contributed by atoms with van der Waals surface area (Å²) in [4.78, 5) is 18.2. The number of hydrogen-bond donors (Lipinski definition) is 2. The van der Waals surface area contributed by atoms with Crippen LogP contribution >= 0.6 is 0 Å². The number of carbonyl (C=O) groups is 1. The van der Waals surface area contributed by atoms with Gasteiger partial charge in [0.05, 0.1) is 12.1 Å². The fraction of sp³-hybridized carbons (Fsp3) is 0.545. The van der Waals surface area contributed by atoms with Crippen LogP contribution in [0.5, 0.6) is 0 Å². The van der Waals surface area contributed by atoms with Crippen molar-refractivity contribution in [2.45, 2.75) is 32.2 Å². The summed E-state index contributed by atoms with van der Waals surface area (Å²) < 4.78 is 13.6. The fourth-order valence-corrected chi connectivity index (χ4v) is 1.76. The Morgan fingerprint density at radius 2 is 2.35 bits per heavy atom. The normalized spacial score (nSPS) is 16.6. The van der Waals surface area contributed by atoms with Gasteiger partial charge in [0.2, 0.25) is 0 Å². The summed E-state index contributed by atoms with van der Waals surface area (Å²) in [5.74, 6) is -0.999. The zero-order chi connectivity index (χ0) is 12.4. The highest BCUT2D eigenvalue weighted by molar-refractivity contribution is 5.68. The molecule has 2 rings (SSSR count). The minimum atomic E-state index is -0.888. The first-order valence-electron chi connectivity index (χ1n) is 5.53. The van der Waals surface area contributed by atoms with Crippen LogP contribution in [0.1, 0.15) is 25.0 Å². The molecule has 1 aliphatic rings. The van der Waals surface area contributed by atoms with Crippen molar-refractivity contribution >= 4 is 11.8 Å². The minimum absolute atomic E-state index is 0.0207. The number of anilines is 1. The number of rotatable bonds is 5. The first-order chi connectivity index (χ1) is 8.08. The van der Waals surface area contributed by atoms with Crippen molar-refractivity contribution in [2.75, 3.05) is 5.32 Å². The van der Waals surface area contributed by atoms with Crippen molar-refractivity contribution in [2.24, 2.45) is 5.92 Å². The number of aliphatic carboxylic acids is 1. The van der Waals surface area contributed by atoms with E-state index >= 15 is 0 Å². The number of nitrogens with zero attached hydrogens (tertiary/aromatic N) is 2. The lowest BCUT2D eigenvalue weighted by atomic mass is 10.1. The number of aryl methyl sites for hydroxylation is 1. The first-order valence-corrected chi connectivity index (χ1v) is 5.53. The summed E-state index contributed by atoms with van der Waals surface area (Å²) in [7, 11) is 0. The zero-order valence-corrected chi connectivity index (χ0v) is 9.48. The highest BCUT2D eigenvalue weighted by Crippen LogP contribution is 2.35. The van der Waals surface area contributed by atoms with E-state index in [1.54, 1.807) is 6.92 Å². The van der Waals surface area contributed by atoms with Gasteiger partial charge in [-0.15, -0.1) is 0 Å². The number of nitrogens with one attached hydrogen (secondary N) is 1. The van der Waals surface area contributed by atoms with Crippen LogP contribution in [-0.4, -0.2) is 27.1 Å². The van der Waals surface area contributed by atoms with Crippen molar-refractivity contribution in [3.05, 3.63) is 17.8 Å². The van der Waals surface area contributed by atoms with Crippen LogP contribution in [0.2, 0.25) is 0 Å². The molecule has 0 aromatic carbocycles. The molecule has 92 valence electrons. The number of halogens is 1. The number of hydrogen-bond acceptors (Lipinski definition) is 4. The van der Waals surface area contributed by atoms with Gasteiger partial charge >= 0.3 is 5.97 Å². The molecular weight excluding hydrogens is 225 g/mol. The van der Waals surface area contributed by atoms with E-state index in [1.807, 2.05) is 0 Å². The van der Waals surface area contributed by atoms with Crippen LogP contribution in [0.4, 0.5) is 10.2 Å². The van der Waals surface area contributed by atoms with Crippen molar-refractivity contribution < 1.29 is 14.3 Å². The number of carboxylic acid groups (broad SMARTS) is 1. The van der Waals surface area contributed by atoms with Crippen LogP contribution in [-0.2, 0) is 4.79 Å². The van der Waals surface area contributed by atoms with Gasteiger partial charge < -0.3 is 10.4 Å². The molecule has 5 nitrogen and oxygen atoms in total. The van der Waals surface area contributed by atoms with E-state index < -0.39 is 11.8 Å². The van der Waals surface area contributed by atoms with Gasteiger partial charge in [-0.1, -0.05) is 0 Å². The molecule has 17 heavy (non-hydrogen) atoms. The molecule has 1 saturated carbocycles. The molecule has 1 atom stereocenters. The van der Waals surface area contributed by atoms with Gasteiger partial charge in [-0.3, -0.25) is 4.79 Å². The monoisotopic (exact) mass is 239 g/mol. The third-order valence-electron chi connectivity index (χ3n) is 2.87. The van der Waals surface area contributed by atoms with Gasteiger partial charge in [0.15, 0.2) is 11.6 Å². The maximum atomic E-state index is 13.6. The van der Waals surface area contributed by atoms with E-state index in [-0.39, 0.29) is 24.0 Å². The topological polar surface area (TPSA) is 75.1 Å². The lowest BCUT2D eigenvalue weighted by Gasteiger charge is -2.17. The van der Waals surface area contributed by atoms with Gasteiger partial charge in [-0.25, -0.2) is 14.4 Å². The number of aromatic nitrogens is 2. The lowest BCUT2D eigenvalue weighted by Crippen LogP contribution is -2.26. The van der Waals surface area contributed by atoms with Crippen LogP contribution in [0.15, 0.2) is 6.33 Å². The SMILES string of the molecule is Cc1ncnc(NC(CC(=O)O)C2CC2)c1F. The molecule has 1 fully saturated rings. The standard InChI is InChI=1S/C11H14FN3O2/c1-6-10(12)11(14-5-13-6)15-8(4-9(16)17)7-2-3-7/h5,7-8H,2-4H2,1H3,(H,16,17)(H,13,14,15). The number of carboxylic acids is 1. The molecule has 1 unspecified atom stereocenters. The summed E-state index contributed by atoms with van der Waals surface area (Å²) in [6, 6.07) is -0.253. The van der Waals surface area contributed by atoms with Crippen LogP contribution in [0.25, 0.3) is 0 Å². The van der Waals surface area contributed by atoms with Crippen LogP contribution in [0.3, 0.4) is 0 Å². The molecule has 0 aliphatic heterocycles. The predicted octanol–water partition coefficient (Wildman–Crippen LogP) is 1.59. The van der Waals surface area contributed by atoms with E-state index in [9.17, 15) is 9.18 Å². The second-order valence-electron chi connectivity index (χ2n) is 4.31. The van der Waals surface area contributed by atoms with E-state index in [2.05, 4.69) is 15.3 Å². The van der Waals surface area contributed by atoms with Crippen molar-refractivity contribution in [1.82, 2.24) is 9.97 Å². The van der Waals surface area contributed by atoms with E-state index in [4.69, 9.17) is 5.11 Å². The summed E-state index contributed by atoms with van der Waals surface area (Å²) in [6.45, 7) is 1.55. The Balaban J connectivity index is 2.11. The maximum Gasteiger partial charge on any atom is 0.305 e. The molecule has 0 amide bonds. The summed E-state index contributed by atoms with van der Waals surface area (Å²) in [6.07, 6.45) is 3.21. The third kappa shape index (κ3) is 2.89. The van der Waals surface area contributed by atoms with Gasteiger partial charge in [-0.05, 0) is 25.7 Å². The summed E-state index contributed by atoms with van der Waals surface area (Å²) >= 11 is 0. The predicted molar refractivity (Wildman–Crippen MR) is 59.1 cm³/mol. The smallest absolute Gasteiger partial charge is 0.305 e. The average Bonchev–Trinajstić information content (AvgIpc) is 3.06. The molecule has 2 N–H and O–H groups in total. The molecule has 0 radical (unpaired) electrons. The quantitative estimate of drug-likeness (QED) is 0.816. The third-order valence-corrected chi connectivity index (χ3v) is 2.87. The molecule has 0 spiro atoms. The van der Waals surface area contributed by atoms with Gasteiger partial charge in [-0.2, -0.15) is 0 Å². The largest absolute Gasteiger partial charge is 0.481 e.